The molecule has 0 heterocycles. The molecule has 0 spiro atoms. The van der Waals surface area contributed by atoms with Crippen LogP contribution >= 0.6 is 0 Å². The topological polar surface area (TPSA) is 72.8 Å². The van der Waals surface area contributed by atoms with E-state index in [2.05, 4.69) is 19.9 Å². The van der Waals surface area contributed by atoms with Crippen LogP contribution in [0.1, 0.15) is 59.9 Å². The Kier molecular flexibility index (Phi) is 6.61. The lowest BCUT2D eigenvalue weighted by Gasteiger charge is -2.19. The second kappa shape index (κ2) is 8.71. The molecular weight excluding hydrogens is 344 g/mol. The number of hydrogen-bond donors (Lipinski definition) is 1. The van der Waals surface area contributed by atoms with Gasteiger partial charge in [0.25, 0.3) is 0 Å². The maximum Gasteiger partial charge on any atom is 0.228 e. The SMILES string of the molecule is COc1cc2c(c(O)c1C)C(=O)C=C(OC/C=C(\C)CCC=C(C)C)C2=O. The van der Waals surface area contributed by atoms with E-state index in [4.69, 9.17) is 9.47 Å². The lowest BCUT2D eigenvalue weighted by molar-refractivity contribution is 0.0898. The molecule has 5 nitrogen and oxygen atoms in total. The number of benzene rings is 1. The van der Waals surface area contributed by atoms with Crippen molar-refractivity contribution in [2.24, 2.45) is 0 Å². The summed E-state index contributed by atoms with van der Waals surface area (Å²) < 4.78 is 10.7. The molecule has 0 saturated heterocycles. The van der Waals surface area contributed by atoms with Crippen LogP contribution in [0.2, 0.25) is 0 Å². The zero-order valence-corrected chi connectivity index (χ0v) is 16.5. The van der Waals surface area contributed by atoms with E-state index in [1.54, 1.807) is 6.92 Å². The summed E-state index contributed by atoms with van der Waals surface area (Å²) in [4.78, 5) is 25.1. The molecule has 1 aromatic rings. The molecule has 0 bridgehead atoms. The van der Waals surface area contributed by atoms with Crippen LogP contribution < -0.4 is 4.74 Å². The molecule has 0 aliphatic heterocycles. The third-order valence-electron chi connectivity index (χ3n) is 4.47. The van der Waals surface area contributed by atoms with E-state index in [0.29, 0.717) is 11.3 Å². The van der Waals surface area contributed by atoms with E-state index in [-0.39, 0.29) is 29.2 Å². The standard InChI is InChI=1S/C22H26O5/c1-13(2)7-6-8-14(3)9-10-27-19-12-17(23)20-16(22(19)25)11-18(26-5)15(4)21(20)24/h7,9,11-12,24H,6,8,10H2,1-5H3/b14-9+. The van der Waals surface area contributed by atoms with Crippen LogP contribution in [0, 0.1) is 6.92 Å². The zero-order valence-electron chi connectivity index (χ0n) is 16.5. The van der Waals surface area contributed by atoms with Crippen LogP contribution in [0.15, 0.2) is 41.2 Å². The van der Waals surface area contributed by atoms with Gasteiger partial charge >= 0.3 is 0 Å². The van der Waals surface area contributed by atoms with E-state index < -0.39 is 11.6 Å². The summed E-state index contributed by atoms with van der Waals surface area (Å²) in [6.45, 7) is 7.96. The third kappa shape index (κ3) is 4.67. The number of aromatic hydroxyl groups is 1. The molecule has 0 saturated carbocycles. The van der Waals surface area contributed by atoms with Gasteiger partial charge < -0.3 is 14.6 Å². The van der Waals surface area contributed by atoms with Crippen molar-refractivity contribution in [1.82, 2.24) is 0 Å². The number of methoxy groups -OCH3 is 1. The van der Waals surface area contributed by atoms with E-state index in [1.165, 1.54) is 18.7 Å². The summed E-state index contributed by atoms with van der Waals surface area (Å²) >= 11 is 0. The van der Waals surface area contributed by atoms with Gasteiger partial charge in [0.1, 0.15) is 18.1 Å². The molecule has 1 aliphatic rings. The van der Waals surface area contributed by atoms with Crippen molar-refractivity contribution in [3.8, 4) is 11.5 Å². The van der Waals surface area contributed by atoms with Gasteiger partial charge in [-0.25, -0.2) is 0 Å². The molecule has 1 aliphatic carbocycles. The Morgan fingerprint density at radius 3 is 2.52 bits per heavy atom. The summed E-state index contributed by atoms with van der Waals surface area (Å²) in [5.74, 6) is -0.788. The summed E-state index contributed by atoms with van der Waals surface area (Å²) in [5, 5.41) is 10.3. The van der Waals surface area contributed by atoms with Gasteiger partial charge in [-0.3, -0.25) is 9.59 Å². The van der Waals surface area contributed by atoms with Gasteiger partial charge in [0.15, 0.2) is 11.5 Å². The van der Waals surface area contributed by atoms with Crippen molar-refractivity contribution in [3.63, 3.8) is 0 Å². The average Bonchev–Trinajstić information content (AvgIpc) is 2.61. The quantitative estimate of drug-likeness (QED) is 0.706. The van der Waals surface area contributed by atoms with Crippen LogP contribution in [-0.2, 0) is 4.74 Å². The van der Waals surface area contributed by atoms with Crippen molar-refractivity contribution in [3.05, 3.63) is 57.9 Å². The van der Waals surface area contributed by atoms with E-state index >= 15 is 0 Å². The molecule has 144 valence electrons. The number of carbonyl (C=O) groups excluding carboxylic acids is 2. The van der Waals surface area contributed by atoms with Gasteiger partial charge in [-0.15, -0.1) is 0 Å². The lowest BCUT2D eigenvalue weighted by atomic mass is 9.90. The number of ketones is 2. The fourth-order valence-corrected chi connectivity index (χ4v) is 2.84. The highest BCUT2D eigenvalue weighted by atomic mass is 16.5. The first-order valence-electron chi connectivity index (χ1n) is 8.89. The molecular formula is C22H26O5. The first-order chi connectivity index (χ1) is 12.8. The number of Topliss-reactive ketones (excluding diaryl/α,β-unsaturated/α-hetero) is 1. The van der Waals surface area contributed by atoms with Crippen LogP contribution in [0.4, 0.5) is 0 Å². The Labute approximate surface area is 160 Å². The predicted octanol–water partition coefficient (Wildman–Crippen LogP) is 4.68. The maximum absolute atomic E-state index is 12.7. The number of ether oxygens (including phenoxy) is 2. The average molecular weight is 370 g/mol. The number of allylic oxidation sites excluding steroid dienone is 5. The van der Waals surface area contributed by atoms with Crippen molar-refractivity contribution in [2.75, 3.05) is 13.7 Å². The summed E-state index contributed by atoms with van der Waals surface area (Å²) in [6, 6.07) is 1.47. The minimum absolute atomic E-state index is 0.000838. The molecule has 1 aromatic carbocycles. The van der Waals surface area contributed by atoms with Crippen LogP contribution in [0.25, 0.3) is 0 Å². The molecule has 27 heavy (non-hydrogen) atoms. The van der Waals surface area contributed by atoms with E-state index in [9.17, 15) is 14.7 Å². The predicted molar refractivity (Wildman–Crippen MR) is 105 cm³/mol. The highest BCUT2D eigenvalue weighted by Gasteiger charge is 2.31. The van der Waals surface area contributed by atoms with Gasteiger partial charge in [0, 0.05) is 17.2 Å². The van der Waals surface area contributed by atoms with Gasteiger partial charge in [0.2, 0.25) is 5.78 Å². The number of phenols is 1. The minimum atomic E-state index is -0.452. The second-order valence-electron chi connectivity index (χ2n) is 6.86. The van der Waals surface area contributed by atoms with Gasteiger partial charge in [-0.05, 0) is 52.7 Å². The molecule has 0 unspecified atom stereocenters. The molecule has 0 fully saturated rings. The van der Waals surface area contributed by atoms with Gasteiger partial charge in [0.05, 0.1) is 12.7 Å². The van der Waals surface area contributed by atoms with Crippen LogP contribution in [-0.4, -0.2) is 30.4 Å². The molecule has 0 radical (unpaired) electrons. The van der Waals surface area contributed by atoms with Crippen molar-refractivity contribution in [2.45, 2.75) is 40.5 Å². The molecule has 0 aromatic heterocycles. The first kappa shape index (κ1) is 20.5. The number of phenolic OH excluding ortho intramolecular Hbond substituents is 1. The Balaban J connectivity index is 2.14. The molecule has 5 heteroatoms. The van der Waals surface area contributed by atoms with Crippen LogP contribution in [0.5, 0.6) is 11.5 Å². The van der Waals surface area contributed by atoms with E-state index in [1.807, 2.05) is 13.0 Å². The number of fused-ring (bicyclic) bond motifs is 1. The monoisotopic (exact) mass is 370 g/mol. The zero-order chi connectivity index (χ0) is 20.1. The highest BCUT2D eigenvalue weighted by molar-refractivity contribution is 6.25. The molecule has 2 rings (SSSR count). The Bertz CT molecular complexity index is 852. The largest absolute Gasteiger partial charge is 0.507 e. The fraction of sp³-hybridized carbons (Fsp3) is 0.364. The Morgan fingerprint density at radius 2 is 1.89 bits per heavy atom. The second-order valence-corrected chi connectivity index (χ2v) is 6.86. The number of carbonyl (C=O) groups is 2. The number of rotatable bonds is 7. The van der Waals surface area contributed by atoms with Crippen molar-refractivity contribution < 1.29 is 24.2 Å². The highest BCUT2D eigenvalue weighted by Crippen LogP contribution is 2.37. The maximum atomic E-state index is 12.7. The number of hydrogen-bond acceptors (Lipinski definition) is 5. The summed E-state index contributed by atoms with van der Waals surface area (Å²) in [6.07, 6.45) is 7.08. The van der Waals surface area contributed by atoms with Crippen LogP contribution in [0.3, 0.4) is 0 Å². The molecule has 1 N–H and O–H groups in total. The first-order valence-corrected chi connectivity index (χ1v) is 8.89. The normalized spacial score (nSPS) is 13.8. The van der Waals surface area contributed by atoms with Gasteiger partial charge in [-0.2, -0.15) is 0 Å². The van der Waals surface area contributed by atoms with E-state index in [0.717, 1.165) is 24.5 Å². The minimum Gasteiger partial charge on any atom is -0.507 e. The fourth-order valence-electron chi connectivity index (χ4n) is 2.84. The summed E-state index contributed by atoms with van der Waals surface area (Å²) in [5.41, 5.74) is 2.95. The smallest absolute Gasteiger partial charge is 0.228 e. The van der Waals surface area contributed by atoms with Crippen molar-refractivity contribution in [1.29, 1.82) is 0 Å². The Morgan fingerprint density at radius 1 is 1.19 bits per heavy atom. The summed E-state index contributed by atoms with van der Waals surface area (Å²) in [7, 11) is 1.44. The lowest BCUT2D eigenvalue weighted by Crippen LogP contribution is -2.19. The third-order valence-corrected chi connectivity index (χ3v) is 4.47. The van der Waals surface area contributed by atoms with Crippen molar-refractivity contribution >= 4 is 11.6 Å². The molecule has 0 atom stereocenters. The Hall–Kier alpha value is -2.82. The van der Waals surface area contributed by atoms with Gasteiger partial charge in [-0.1, -0.05) is 17.2 Å². The molecule has 0 amide bonds.